The van der Waals surface area contributed by atoms with Crippen LogP contribution in [0, 0.1) is 0 Å². The highest BCUT2D eigenvalue weighted by Crippen LogP contribution is 2.39. The molecule has 0 aliphatic heterocycles. The van der Waals surface area contributed by atoms with E-state index in [1.807, 2.05) is 18.2 Å². The van der Waals surface area contributed by atoms with Crippen LogP contribution in [0.4, 0.5) is 0 Å². The van der Waals surface area contributed by atoms with Crippen molar-refractivity contribution in [3.05, 3.63) is 74.4 Å². The Morgan fingerprint density at radius 1 is 1.26 bits per heavy atom. The van der Waals surface area contributed by atoms with E-state index in [-0.39, 0.29) is 5.56 Å². The third-order valence-corrected chi connectivity index (χ3v) is 8.20. The molecule has 1 saturated carbocycles. The molecule has 0 spiro atoms. The number of thiophene rings is 1. The number of H-pyrrole nitrogens is 1. The minimum atomic E-state index is 0.0851. The van der Waals surface area contributed by atoms with E-state index in [2.05, 4.69) is 32.6 Å². The highest BCUT2D eigenvalue weighted by atomic mass is 32.1. The van der Waals surface area contributed by atoms with E-state index in [1.165, 1.54) is 29.0 Å². The molecule has 7 nitrogen and oxygen atoms in total. The van der Waals surface area contributed by atoms with Crippen LogP contribution in [0.1, 0.15) is 52.6 Å². The maximum atomic E-state index is 13.3. The molecule has 0 saturated heterocycles. The van der Waals surface area contributed by atoms with Crippen molar-refractivity contribution in [3.8, 4) is 5.75 Å². The van der Waals surface area contributed by atoms with Crippen LogP contribution in [0.2, 0.25) is 0 Å². The van der Waals surface area contributed by atoms with E-state index in [1.54, 1.807) is 29.3 Å². The molecule has 0 radical (unpaired) electrons. The molecule has 176 valence electrons. The van der Waals surface area contributed by atoms with Gasteiger partial charge in [-0.05, 0) is 67.9 Å². The number of ether oxygens (including phenoxy) is 1. The van der Waals surface area contributed by atoms with Crippen molar-refractivity contribution in [2.45, 2.75) is 63.6 Å². The molecule has 4 aromatic rings. The van der Waals surface area contributed by atoms with Gasteiger partial charge in [-0.2, -0.15) is 5.10 Å². The molecule has 34 heavy (non-hydrogen) atoms. The van der Waals surface area contributed by atoms with Crippen LogP contribution < -0.4 is 15.6 Å². The normalized spacial score (nSPS) is 17.7. The third-order valence-electron chi connectivity index (χ3n) is 7.04. The first-order valence-electron chi connectivity index (χ1n) is 12.1. The molecule has 3 heterocycles. The zero-order valence-corrected chi connectivity index (χ0v) is 20.2. The lowest BCUT2D eigenvalue weighted by Gasteiger charge is -2.23. The largest absolute Gasteiger partial charge is 0.497 e. The van der Waals surface area contributed by atoms with Crippen LogP contribution in [0.5, 0.6) is 5.75 Å². The third kappa shape index (κ3) is 4.28. The summed E-state index contributed by atoms with van der Waals surface area (Å²) < 4.78 is 7.07. The maximum Gasteiger partial charge on any atom is 0.262 e. The number of methoxy groups -OCH3 is 1. The number of hydrogen-bond donors (Lipinski definition) is 2. The van der Waals surface area contributed by atoms with Gasteiger partial charge in [-0.15, -0.1) is 11.3 Å². The van der Waals surface area contributed by atoms with Gasteiger partial charge in [0.15, 0.2) is 0 Å². The zero-order chi connectivity index (χ0) is 23.1. The molecular weight excluding hydrogens is 446 g/mol. The average molecular weight is 476 g/mol. The molecule has 1 atom stereocenters. The number of benzene rings is 1. The molecule has 1 fully saturated rings. The lowest BCUT2D eigenvalue weighted by Crippen LogP contribution is -2.34. The second-order valence-corrected chi connectivity index (χ2v) is 10.5. The topological polar surface area (TPSA) is 84.8 Å². The SMILES string of the molecule is COc1cccc(CCn2cnc3sc4c(c3c2=O)CCC(NCc2cc(C3CC3)n[nH]2)C4)c1. The van der Waals surface area contributed by atoms with Crippen molar-refractivity contribution < 1.29 is 4.74 Å². The second kappa shape index (κ2) is 9.00. The summed E-state index contributed by atoms with van der Waals surface area (Å²) in [4.78, 5) is 20.2. The van der Waals surface area contributed by atoms with Crippen molar-refractivity contribution >= 4 is 21.6 Å². The van der Waals surface area contributed by atoms with Gasteiger partial charge in [0.1, 0.15) is 10.6 Å². The molecule has 2 aliphatic rings. The van der Waals surface area contributed by atoms with Gasteiger partial charge in [0.05, 0.1) is 24.5 Å². The minimum absolute atomic E-state index is 0.0851. The fraction of sp³-hybridized carbons (Fsp3) is 0.423. The van der Waals surface area contributed by atoms with Gasteiger partial charge in [0, 0.05) is 35.6 Å². The molecule has 1 aromatic carbocycles. The lowest BCUT2D eigenvalue weighted by molar-refractivity contribution is 0.414. The van der Waals surface area contributed by atoms with Gasteiger partial charge in [-0.3, -0.25) is 14.5 Å². The summed E-state index contributed by atoms with van der Waals surface area (Å²) in [6.07, 6.45) is 7.90. The second-order valence-electron chi connectivity index (χ2n) is 9.44. The summed E-state index contributed by atoms with van der Waals surface area (Å²) in [5.41, 5.74) is 4.81. The summed E-state index contributed by atoms with van der Waals surface area (Å²) in [5.74, 6) is 1.51. The minimum Gasteiger partial charge on any atom is -0.497 e. The van der Waals surface area contributed by atoms with Crippen LogP contribution in [-0.4, -0.2) is 32.9 Å². The smallest absolute Gasteiger partial charge is 0.262 e. The summed E-state index contributed by atoms with van der Waals surface area (Å²) in [7, 11) is 1.67. The molecule has 6 rings (SSSR count). The predicted octanol–water partition coefficient (Wildman–Crippen LogP) is 3.96. The van der Waals surface area contributed by atoms with Crippen LogP contribution in [0.3, 0.4) is 0 Å². The average Bonchev–Trinajstić information content (AvgIpc) is 3.48. The Morgan fingerprint density at radius 3 is 3.03 bits per heavy atom. The molecule has 2 N–H and O–H groups in total. The van der Waals surface area contributed by atoms with Gasteiger partial charge in [-0.25, -0.2) is 4.98 Å². The molecule has 1 unspecified atom stereocenters. The molecule has 8 heteroatoms. The van der Waals surface area contributed by atoms with E-state index >= 15 is 0 Å². The van der Waals surface area contributed by atoms with E-state index in [0.717, 1.165) is 59.5 Å². The number of hydrogen-bond acceptors (Lipinski definition) is 6. The van der Waals surface area contributed by atoms with E-state index in [4.69, 9.17) is 4.74 Å². The Bertz CT molecular complexity index is 1380. The summed E-state index contributed by atoms with van der Waals surface area (Å²) in [6.45, 7) is 1.41. The summed E-state index contributed by atoms with van der Waals surface area (Å²) in [6, 6.07) is 10.6. The van der Waals surface area contributed by atoms with Crippen LogP contribution >= 0.6 is 11.3 Å². The Labute approximate surface area is 202 Å². The van der Waals surface area contributed by atoms with Crippen molar-refractivity contribution in [1.29, 1.82) is 0 Å². The number of aromatic nitrogens is 4. The number of aromatic amines is 1. The monoisotopic (exact) mass is 475 g/mol. The van der Waals surface area contributed by atoms with E-state index < -0.39 is 0 Å². The van der Waals surface area contributed by atoms with Gasteiger partial charge >= 0.3 is 0 Å². The number of fused-ring (bicyclic) bond motifs is 3. The fourth-order valence-corrected chi connectivity index (χ4v) is 6.18. The standard InChI is InChI=1S/C26H29N5O2S/c1-33-20-4-2-3-16(11-20)9-10-31-15-28-25-24(26(31)32)21-8-7-18(13-23(21)34-25)27-14-19-12-22(30-29-19)17-5-6-17/h2-4,11-12,15,17-18,27H,5-10,13-14H2,1H3,(H,29,30). The highest BCUT2D eigenvalue weighted by molar-refractivity contribution is 7.18. The summed E-state index contributed by atoms with van der Waals surface area (Å²) in [5, 5.41) is 12.2. The van der Waals surface area contributed by atoms with Crippen molar-refractivity contribution in [1.82, 2.24) is 25.1 Å². The molecular formula is C26H29N5O2S. The molecule has 0 amide bonds. The van der Waals surface area contributed by atoms with E-state index in [0.29, 0.717) is 18.5 Å². The van der Waals surface area contributed by atoms with Crippen molar-refractivity contribution in [3.63, 3.8) is 0 Å². The first-order valence-corrected chi connectivity index (χ1v) is 12.9. The van der Waals surface area contributed by atoms with Gasteiger partial charge in [0.25, 0.3) is 5.56 Å². The molecule has 0 bridgehead atoms. The van der Waals surface area contributed by atoms with Crippen molar-refractivity contribution in [2.24, 2.45) is 0 Å². The van der Waals surface area contributed by atoms with Gasteiger partial charge in [-0.1, -0.05) is 12.1 Å². The number of nitrogens with zero attached hydrogens (tertiary/aromatic N) is 3. The van der Waals surface area contributed by atoms with Crippen LogP contribution in [0.25, 0.3) is 10.2 Å². The molecule has 2 aliphatic carbocycles. The number of nitrogens with one attached hydrogen (secondary N) is 2. The molecule has 3 aromatic heterocycles. The van der Waals surface area contributed by atoms with Crippen molar-refractivity contribution in [2.75, 3.05) is 7.11 Å². The first kappa shape index (κ1) is 21.6. The number of aryl methyl sites for hydroxylation is 3. The van der Waals surface area contributed by atoms with Crippen LogP contribution in [-0.2, 0) is 32.4 Å². The summed E-state index contributed by atoms with van der Waals surface area (Å²) >= 11 is 1.68. The van der Waals surface area contributed by atoms with Gasteiger partial charge in [0.2, 0.25) is 0 Å². The Morgan fingerprint density at radius 2 is 2.18 bits per heavy atom. The lowest BCUT2D eigenvalue weighted by atomic mass is 9.93. The highest BCUT2D eigenvalue weighted by Gasteiger charge is 2.27. The fourth-order valence-electron chi connectivity index (χ4n) is 4.92. The van der Waals surface area contributed by atoms with E-state index in [9.17, 15) is 4.79 Å². The Balaban J connectivity index is 1.15. The first-order chi connectivity index (χ1) is 16.7. The Kier molecular flexibility index (Phi) is 5.71. The quantitative estimate of drug-likeness (QED) is 0.403. The number of rotatable bonds is 8. The maximum absolute atomic E-state index is 13.3. The Hall–Kier alpha value is -2.97. The van der Waals surface area contributed by atoms with Crippen LogP contribution in [0.15, 0.2) is 41.5 Å². The zero-order valence-electron chi connectivity index (χ0n) is 19.3. The van der Waals surface area contributed by atoms with Gasteiger partial charge < -0.3 is 10.1 Å². The predicted molar refractivity (Wildman–Crippen MR) is 134 cm³/mol.